The van der Waals surface area contributed by atoms with E-state index in [9.17, 15) is 10.1 Å². The second-order valence-corrected chi connectivity index (χ2v) is 11.5. The standard InChI is InChI=1S/C32H34N4O/c1-31(2,3)23-16-24(32(4,5)6)18-25(17-23)34-35-28(19-33)30(37)27-21-36(20-22-12-8-7-9-13-22)29-15-11-10-14-26(27)29/h7-18,21,34H,20H2,1-6H3/b35-28+. The number of ketones is 1. The first-order chi connectivity index (χ1) is 17.5. The van der Waals surface area contributed by atoms with Crippen molar-refractivity contribution in [2.75, 3.05) is 5.43 Å². The van der Waals surface area contributed by atoms with Gasteiger partial charge in [-0.3, -0.25) is 10.2 Å². The SMILES string of the molecule is CC(C)(C)c1cc(N/N=C(\C#N)C(=O)c2cn(Cc3ccccc3)c3ccccc23)cc(C(C)(C)C)c1. The smallest absolute Gasteiger partial charge is 0.226 e. The highest BCUT2D eigenvalue weighted by Gasteiger charge is 2.22. The van der Waals surface area contributed by atoms with Crippen LogP contribution in [0.3, 0.4) is 0 Å². The number of hydrogen-bond donors (Lipinski definition) is 1. The molecule has 3 aromatic carbocycles. The van der Waals surface area contributed by atoms with E-state index < -0.39 is 5.78 Å². The molecule has 4 aromatic rings. The van der Waals surface area contributed by atoms with Crippen molar-refractivity contribution in [3.05, 3.63) is 101 Å². The lowest BCUT2D eigenvalue weighted by atomic mass is 9.80. The average Bonchev–Trinajstić information content (AvgIpc) is 3.22. The predicted molar refractivity (Wildman–Crippen MR) is 152 cm³/mol. The van der Waals surface area contributed by atoms with Crippen molar-refractivity contribution in [2.45, 2.75) is 58.9 Å². The molecule has 0 aliphatic rings. The highest BCUT2D eigenvalue weighted by Crippen LogP contribution is 2.32. The van der Waals surface area contributed by atoms with Crippen LogP contribution in [0.25, 0.3) is 10.9 Å². The topological polar surface area (TPSA) is 70.2 Å². The lowest BCUT2D eigenvalue weighted by Crippen LogP contribution is -2.17. The van der Waals surface area contributed by atoms with Crippen LogP contribution in [-0.4, -0.2) is 16.1 Å². The molecule has 0 saturated carbocycles. The molecule has 0 aliphatic carbocycles. The lowest BCUT2D eigenvalue weighted by Gasteiger charge is -2.26. The quantitative estimate of drug-likeness (QED) is 0.173. The third-order valence-electron chi connectivity index (χ3n) is 6.51. The van der Waals surface area contributed by atoms with Crippen LogP contribution in [0.4, 0.5) is 5.69 Å². The number of rotatable bonds is 6. The fourth-order valence-electron chi connectivity index (χ4n) is 4.27. The minimum absolute atomic E-state index is 0.0597. The van der Waals surface area contributed by atoms with E-state index in [1.165, 1.54) is 0 Å². The zero-order valence-corrected chi connectivity index (χ0v) is 22.5. The third kappa shape index (κ3) is 5.81. The minimum Gasteiger partial charge on any atom is -0.342 e. The van der Waals surface area contributed by atoms with E-state index in [0.717, 1.165) is 33.3 Å². The Morgan fingerprint density at radius 2 is 1.49 bits per heavy atom. The van der Waals surface area contributed by atoms with Crippen LogP contribution in [0.5, 0.6) is 0 Å². The van der Waals surface area contributed by atoms with E-state index in [2.05, 4.69) is 70.3 Å². The van der Waals surface area contributed by atoms with Crippen LogP contribution in [0.2, 0.25) is 0 Å². The van der Waals surface area contributed by atoms with E-state index in [1.54, 1.807) is 0 Å². The second kappa shape index (κ2) is 10.1. The first kappa shape index (κ1) is 25.9. The molecular weight excluding hydrogens is 456 g/mol. The van der Waals surface area contributed by atoms with Gasteiger partial charge >= 0.3 is 0 Å². The molecule has 0 saturated heterocycles. The van der Waals surface area contributed by atoms with E-state index >= 15 is 0 Å². The van der Waals surface area contributed by atoms with E-state index in [0.29, 0.717) is 12.1 Å². The molecule has 0 spiro atoms. The Bertz CT molecular complexity index is 1470. The summed E-state index contributed by atoms with van der Waals surface area (Å²) in [6.07, 6.45) is 1.82. The molecule has 1 heterocycles. The van der Waals surface area contributed by atoms with Gasteiger partial charge in [0.1, 0.15) is 6.07 Å². The van der Waals surface area contributed by atoms with Crippen molar-refractivity contribution in [1.82, 2.24) is 4.57 Å². The van der Waals surface area contributed by atoms with Crippen LogP contribution in [0.1, 0.15) is 68.6 Å². The third-order valence-corrected chi connectivity index (χ3v) is 6.51. The molecule has 0 radical (unpaired) electrons. The molecule has 5 nitrogen and oxygen atoms in total. The van der Waals surface area contributed by atoms with Crippen LogP contribution in [-0.2, 0) is 17.4 Å². The number of aromatic nitrogens is 1. The van der Waals surface area contributed by atoms with Gasteiger partial charge in [0.2, 0.25) is 11.5 Å². The molecule has 188 valence electrons. The molecule has 1 aromatic heterocycles. The van der Waals surface area contributed by atoms with Gasteiger partial charge in [-0.25, -0.2) is 0 Å². The summed E-state index contributed by atoms with van der Waals surface area (Å²) < 4.78 is 2.04. The summed E-state index contributed by atoms with van der Waals surface area (Å²) in [5.41, 5.74) is 8.31. The van der Waals surface area contributed by atoms with Gasteiger partial charge in [-0.2, -0.15) is 10.4 Å². The Kier molecular flexibility index (Phi) is 7.05. The Morgan fingerprint density at radius 3 is 2.08 bits per heavy atom. The monoisotopic (exact) mass is 490 g/mol. The fraction of sp³-hybridized carbons (Fsp3) is 0.281. The average molecular weight is 491 g/mol. The number of fused-ring (bicyclic) bond motifs is 1. The molecule has 5 heteroatoms. The van der Waals surface area contributed by atoms with Gasteiger partial charge < -0.3 is 4.57 Å². The number of nitrogens with one attached hydrogen (secondary N) is 1. The first-order valence-electron chi connectivity index (χ1n) is 12.5. The summed E-state index contributed by atoms with van der Waals surface area (Å²) in [5, 5.41) is 15.0. The maximum Gasteiger partial charge on any atom is 0.226 e. The summed E-state index contributed by atoms with van der Waals surface area (Å²) >= 11 is 0. The zero-order chi connectivity index (χ0) is 26.8. The number of carbonyl (C=O) groups excluding carboxylic acids is 1. The Labute approximate surface area is 219 Å². The number of nitrogens with zero attached hydrogens (tertiary/aromatic N) is 3. The number of para-hydroxylation sites is 1. The number of Topliss-reactive ketones (excluding diaryl/α,β-unsaturated/α-hetero) is 1. The molecule has 0 aliphatic heterocycles. The van der Waals surface area contributed by atoms with Gasteiger partial charge in [0.25, 0.3) is 0 Å². The molecule has 0 bridgehead atoms. The molecule has 0 atom stereocenters. The first-order valence-corrected chi connectivity index (χ1v) is 12.5. The van der Waals surface area contributed by atoms with Crippen LogP contribution >= 0.6 is 0 Å². The number of hydrogen-bond acceptors (Lipinski definition) is 4. The molecule has 0 amide bonds. The summed E-state index contributed by atoms with van der Waals surface area (Å²) in [6.45, 7) is 13.6. The molecular formula is C32H34N4O. The van der Waals surface area contributed by atoms with E-state index in [1.807, 2.05) is 71.4 Å². The van der Waals surface area contributed by atoms with Gasteiger partial charge in [-0.15, -0.1) is 0 Å². The Morgan fingerprint density at radius 1 is 0.892 bits per heavy atom. The normalized spacial score (nSPS) is 12.4. The van der Waals surface area contributed by atoms with Crippen molar-refractivity contribution in [3.8, 4) is 6.07 Å². The molecule has 37 heavy (non-hydrogen) atoms. The molecule has 0 unspecified atom stereocenters. The number of benzene rings is 3. The number of anilines is 1. The highest BCUT2D eigenvalue weighted by atomic mass is 16.1. The van der Waals surface area contributed by atoms with Crippen molar-refractivity contribution in [3.63, 3.8) is 0 Å². The van der Waals surface area contributed by atoms with Crippen LogP contribution in [0, 0.1) is 11.3 Å². The van der Waals surface area contributed by atoms with E-state index in [-0.39, 0.29) is 16.5 Å². The van der Waals surface area contributed by atoms with Crippen molar-refractivity contribution in [1.29, 1.82) is 5.26 Å². The van der Waals surface area contributed by atoms with Crippen molar-refractivity contribution < 1.29 is 4.79 Å². The summed E-state index contributed by atoms with van der Waals surface area (Å²) in [5.74, 6) is -0.402. The molecule has 4 rings (SSSR count). The maximum atomic E-state index is 13.5. The fourth-order valence-corrected chi connectivity index (χ4v) is 4.27. The van der Waals surface area contributed by atoms with Gasteiger partial charge in [0, 0.05) is 23.6 Å². The van der Waals surface area contributed by atoms with E-state index in [4.69, 9.17) is 0 Å². The largest absolute Gasteiger partial charge is 0.342 e. The van der Waals surface area contributed by atoms with Crippen LogP contribution < -0.4 is 5.43 Å². The summed E-state index contributed by atoms with van der Waals surface area (Å²) in [4.78, 5) is 13.5. The van der Waals surface area contributed by atoms with Crippen molar-refractivity contribution in [2.24, 2.45) is 5.10 Å². The predicted octanol–water partition coefficient (Wildman–Crippen LogP) is 7.46. The maximum absolute atomic E-state index is 13.5. The highest BCUT2D eigenvalue weighted by molar-refractivity contribution is 6.53. The number of nitriles is 1. The van der Waals surface area contributed by atoms with Gasteiger partial charge in [0.15, 0.2) is 0 Å². The minimum atomic E-state index is -0.402. The Hall–Kier alpha value is -4.17. The molecule has 0 fully saturated rings. The summed E-state index contributed by atoms with van der Waals surface area (Å²) in [6, 6.07) is 26.1. The number of hydrazone groups is 1. The lowest BCUT2D eigenvalue weighted by molar-refractivity contribution is 0.106. The van der Waals surface area contributed by atoms with Gasteiger partial charge in [-0.05, 0) is 45.7 Å². The van der Waals surface area contributed by atoms with Gasteiger partial charge in [0.05, 0.1) is 11.3 Å². The summed E-state index contributed by atoms with van der Waals surface area (Å²) in [7, 11) is 0. The number of carbonyl (C=O) groups is 1. The Balaban J connectivity index is 1.69. The molecule has 1 N–H and O–H groups in total. The zero-order valence-electron chi connectivity index (χ0n) is 22.5. The van der Waals surface area contributed by atoms with Crippen LogP contribution in [0.15, 0.2) is 84.1 Å². The second-order valence-electron chi connectivity index (χ2n) is 11.5. The van der Waals surface area contributed by atoms with Gasteiger partial charge in [-0.1, -0.05) is 96.1 Å². The van der Waals surface area contributed by atoms with Crippen molar-refractivity contribution >= 4 is 28.1 Å².